The minimum atomic E-state index is -3.52. The molecule has 0 spiro atoms. The van der Waals surface area contributed by atoms with Crippen LogP contribution in [-0.2, 0) is 17.7 Å². The van der Waals surface area contributed by atoms with Gasteiger partial charge < -0.3 is 0 Å². The Morgan fingerprint density at radius 3 is 1.57 bits per heavy atom. The lowest BCUT2D eigenvalue weighted by atomic mass is 15.7. The van der Waals surface area contributed by atoms with Crippen molar-refractivity contribution in [3.63, 3.8) is 0 Å². The van der Waals surface area contributed by atoms with Gasteiger partial charge in [-0.25, -0.2) is 0 Å². The average Bonchev–Trinajstić information content (AvgIpc) is 1.32. The molecule has 0 atom stereocenters. The van der Waals surface area contributed by atoms with E-state index in [1.165, 1.54) is 0 Å². The molecule has 0 aromatic heterocycles. The van der Waals surface area contributed by atoms with E-state index < -0.39 is 10.4 Å². The zero-order valence-electron chi connectivity index (χ0n) is 3.03. The third-order valence-corrected chi connectivity index (χ3v) is 2.00. The molecule has 0 N–H and O–H groups in total. The van der Waals surface area contributed by atoms with Crippen molar-refractivity contribution in [3.8, 4) is 0 Å². The zero-order valence-corrected chi connectivity index (χ0v) is 5.81. The van der Waals surface area contributed by atoms with Crippen LogP contribution in [0.3, 0.4) is 0 Å². The van der Waals surface area contributed by atoms with Gasteiger partial charge in [-0.05, 0) is 0 Å². The van der Waals surface area contributed by atoms with Gasteiger partial charge in [-0.15, -0.1) is 7.26 Å². The maximum Gasteiger partial charge on any atom is 0.425 e. The van der Waals surface area contributed by atoms with E-state index in [4.69, 9.17) is 0 Å². The molecule has 1 aliphatic heterocycles. The second-order valence-corrected chi connectivity index (χ2v) is 2.65. The van der Waals surface area contributed by atoms with Crippen LogP contribution in [0, 0.1) is 0 Å². The zero-order chi connectivity index (χ0) is 4.62. The van der Waals surface area contributed by atoms with Crippen LogP contribution in [0.25, 0.3) is 0 Å². The molecule has 0 saturated carbocycles. The van der Waals surface area contributed by atoms with Crippen LogP contribution in [0.1, 0.15) is 0 Å². The fraction of sp³-hybridized carbons (Fsp3) is 0. The van der Waals surface area contributed by atoms with Crippen LogP contribution in [0.2, 0.25) is 0 Å². The Kier molecular flexibility index (Phi) is 2.60. The smallest absolute Gasteiger partial charge is 0.167 e. The highest BCUT2D eigenvalue weighted by atomic mass is 32.3. The molecule has 0 bridgehead atoms. The van der Waals surface area contributed by atoms with Gasteiger partial charge in [0.05, 0.1) is 0 Å². The Hall–Kier alpha value is 0.752. The van der Waals surface area contributed by atoms with Crippen molar-refractivity contribution in [1.29, 1.82) is 0 Å². The van der Waals surface area contributed by atoms with E-state index >= 15 is 0 Å². The van der Waals surface area contributed by atoms with Gasteiger partial charge in [-0.1, -0.05) is 0 Å². The van der Waals surface area contributed by atoms with Crippen molar-refractivity contribution in [3.05, 3.63) is 0 Å². The highest BCUT2D eigenvalue weighted by Crippen LogP contribution is 2.25. The maximum absolute atomic E-state index is 9.62. The highest BCUT2D eigenvalue weighted by Gasteiger charge is 2.25. The van der Waals surface area contributed by atoms with E-state index in [1.807, 2.05) is 0 Å². The molecule has 3 radical (unpaired) electrons. The van der Waals surface area contributed by atoms with E-state index in [0.717, 1.165) is 0 Å². The quantitative estimate of drug-likeness (QED) is 0.347. The average molecular weight is 155 g/mol. The first-order chi connectivity index (χ1) is 2.71. The molecule has 1 fully saturated rings. The second-order valence-electron chi connectivity index (χ2n) is 0.612. The lowest BCUT2D eigenvalue weighted by Crippen LogP contribution is -2.10. The summed E-state index contributed by atoms with van der Waals surface area (Å²) in [6, 6.07) is 0. The molecule has 39 valence electrons. The maximum atomic E-state index is 9.62. The summed E-state index contributed by atoms with van der Waals surface area (Å²) in [4.78, 5) is 0. The van der Waals surface area contributed by atoms with Gasteiger partial charge in [0.2, 0.25) is 0 Å². The van der Waals surface area contributed by atoms with Gasteiger partial charge in [0.1, 0.15) is 0 Å². The van der Waals surface area contributed by atoms with E-state index in [-0.39, 0.29) is 17.4 Å². The number of rotatable bonds is 0. The van der Waals surface area contributed by atoms with Gasteiger partial charge in [0, 0.05) is 17.4 Å². The third kappa shape index (κ3) is 1.99. The first-order valence-electron chi connectivity index (χ1n) is 1.00. The molecule has 0 aromatic rings. The Balaban J connectivity index is 0.000000360. The Labute approximate surface area is 56.1 Å². The standard InChI is InChI=1S/Al.O4S2/c;1-6(2)3-5-4-6. The van der Waals surface area contributed by atoms with Crippen LogP contribution < -0.4 is 0 Å². The predicted molar refractivity (Wildman–Crippen MR) is 24.4 cm³/mol. The van der Waals surface area contributed by atoms with Crippen LogP contribution >= 0.6 is 12.3 Å². The summed E-state index contributed by atoms with van der Waals surface area (Å²) in [5.41, 5.74) is 0. The van der Waals surface area contributed by atoms with E-state index in [2.05, 4.69) is 7.26 Å². The number of hydrogen-bond acceptors (Lipinski definition) is 5. The molecular weight excluding hydrogens is 155 g/mol. The normalized spacial score (nSPS) is 24.6. The fourth-order valence-electron chi connectivity index (χ4n) is 0.0731. The summed E-state index contributed by atoms with van der Waals surface area (Å²) >= 11 is 0.456. The Morgan fingerprint density at radius 2 is 1.57 bits per heavy atom. The Bertz CT molecular complexity index is 124. The van der Waals surface area contributed by atoms with E-state index in [1.54, 1.807) is 0 Å². The first-order valence-corrected chi connectivity index (χ1v) is 3.00. The molecule has 4 nitrogen and oxygen atoms in total. The summed E-state index contributed by atoms with van der Waals surface area (Å²) < 4.78 is 26.8. The van der Waals surface area contributed by atoms with E-state index in [0.29, 0.717) is 12.3 Å². The summed E-state index contributed by atoms with van der Waals surface area (Å²) in [6.45, 7) is 0. The highest BCUT2D eigenvalue weighted by molar-refractivity contribution is 8.12. The van der Waals surface area contributed by atoms with Crippen LogP contribution in [0.15, 0.2) is 0 Å². The lowest BCUT2D eigenvalue weighted by Gasteiger charge is -2.05. The van der Waals surface area contributed by atoms with Crippen LogP contribution in [-0.4, -0.2) is 25.8 Å². The lowest BCUT2D eigenvalue weighted by molar-refractivity contribution is 0.371. The molecule has 1 heterocycles. The van der Waals surface area contributed by atoms with E-state index in [9.17, 15) is 8.42 Å². The minimum absolute atomic E-state index is 0. The fourth-order valence-corrected chi connectivity index (χ4v) is 0.658. The molecule has 0 aliphatic carbocycles. The number of hydrogen-bond donors (Lipinski definition) is 0. The molecule has 7 heteroatoms. The van der Waals surface area contributed by atoms with Crippen molar-refractivity contribution < 1.29 is 15.7 Å². The molecule has 1 rings (SSSR count). The molecular formula is AlO4S2. The van der Waals surface area contributed by atoms with Crippen molar-refractivity contribution in [2.45, 2.75) is 0 Å². The SMILES string of the molecule is O=S1(=O)OSO1.[Al]. The molecule has 7 heavy (non-hydrogen) atoms. The molecule has 1 saturated heterocycles. The monoisotopic (exact) mass is 155 g/mol. The molecule has 0 aromatic carbocycles. The third-order valence-electron chi connectivity index (χ3n) is 0.222. The molecule has 0 unspecified atom stereocenters. The van der Waals surface area contributed by atoms with Gasteiger partial charge >= 0.3 is 10.4 Å². The van der Waals surface area contributed by atoms with Gasteiger partial charge in [-0.3, -0.25) is 0 Å². The minimum Gasteiger partial charge on any atom is -0.167 e. The van der Waals surface area contributed by atoms with Crippen molar-refractivity contribution >= 4 is 40.1 Å². The van der Waals surface area contributed by atoms with Crippen molar-refractivity contribution in [2.75, 3.05) is 0 Å². The topological polar surface area (TPSA) is 52.6 Å². The Morgan fingerprint density at radius 1 is 1.29 bits per heavy atom. The summed E-state index contributed by atoms with van der Waals surface area (Å²) in [5, 5.41) is 0. The molecule has 0 amide bonds. The van der Waals surface area contributed by atoms with Crippen molar-refractivity contribution in [2.24, 2.45) is 0 Å². The van der Waals surface area contributed by atoms with Crippen molar-refractivity contribution in [1.82, 2.24) is 0 Å². The first kappa shape index (κ1) is 7.75. The second kappa shape index (κ2) is 2.35. The molecule has 1 aliphatic rings. The summed E-state index contributed by atoms with van der Waals surface area (Å²) in [7, 11) is -3.52. The van der Waals surface area contributed by atoms with Crippen LogP contribution in [0.5, 0.6) is 0 Å². The van der Waals surface area contributed by atoms with Gasteiger partial charge in [0.15, 0.2) is 12.3 Å². The summed E-state index contributed by atoms with van der Waals surface area (Å²) in [5.74, 6) is 0. The van der Waals surface area contributed by atoms with Gasteiger partial charge in [-0.2, -0.15) is 8.42 Å². The largest absolute Gasteiger partial charge is 0.425 e. The van der Waals surface area contributed by atoms with Gasteiger partial charge in [0.25, 0.3) is 0 Å². The van der Waals surface area contributed by atoms with Crippen LogP contribution in [0.4, 0.5) is 0 Å². The summed E-state index contributed by atoms with van der Waals surface area (Å²) in [6.07, 6.45) is 0. The predicted octanol–water partition coefficient (Wildman–Crippen LogP) is -0.540.